The Morgan fingerprint density at radius 2 is 2.00 bits per heavy atom. The minimum Gasteiger partial charge on any atom is -0.459 e. The minimum absolute atomic E-state index is 0.00501. The van der Waals surface area contributed by atoms with E-state index in [9.17, 15) is 9.59 Å². The van der Waals surface area contributed by atoms with E-state index in [1.165, 1.54) is 0 Å². The number of hydrogen-bond donors (Lipinski definition) is 1. The second kappa shape index (κ2) is 4.53. The average molecular weight is 247 g/mol. The number of ketones is 1. The van der Waals surface area contributed by atoms with Crippen LogP contribution in [0.1, 0.15) is 42.7 Å². The Kier molecular flexibility index (Phi) is 3.22. The van der Waals surface area contributed by atoms with E-state index < -0.39 is 11.6 Å². The van der Waals surface area contributed by atoms with Gasteiger partial charge < -0.3 is 4.74 Å². The van der Waals surface area contributed by atoms with E-state index in [1.54, 1.807) is 18.2 Å². The Morgan fingerprint density at radius 3 is 2.67 bits per heavy atom. The van der Waals surface area contributed by atoms with E-state index in [4.69, 9.17) is 4.74 Å². The molecule has 1 N–H and O–H groups in total. The summed E-state index contributed by atoms with van der Waals surface area (Å²) in [4.78, 5) is 23.8. The van der Waals surface area contributed by atoms with Crippen molar-refractivity contribution in [2.24, 2.45) is 0 Å². The quantitative estimate of drug-likeness (QED) is 0.769. The zero-order valence-corrected chi connectivity index (χ0v) is 10.8. The highest BCUT2D eigenvalue weighted by Crippen LogP contribution is 2.25. The lowest BCUT2D eigenvalue weighted by molar-refractivity contribution is -0.157. The third-order valence-corrected chi connectivity index (χ3v) is 2.68. The van der Waals surface area contributed by atoms with E-state index in [0.29, 0.717) is 11.1 Å². The number of rotatable bonds is 1. The van der Waals surface area contributed by atoms with Crippen LogP contribution in [-0.2, 0) is 9.53 Å². The fourth-order valence-electron chi connectivity index (χ4n) is 1.97. The molecule has 1 atom stereocenters. The standard InChI is InChI=1S/C14H17NO3/c1-14(2,3)18-13(17)12-10-7-5-4-6-9(10)11(16)8-15-12/h4-7,12,15H,8H2,1-3H3. The third kappa shape index (κ3) is 2.59. The van der Waals surface area contributed by atoms with Crippen molar-refractivity contribution in [1.29, 1.82) is 0 Å². The van der Waals surface area contributed by atoms with Gasteiger partial charge in [-0.3, -0.25) is 10.1 Å². The number of nitrogens with one attached hydrogen (secondary N) is 1. The Balaban J connectivity index is 2.29. The van der Waals surface area contributed by atoms with Gasteiger partial charge in [-0.1, -0.05) is 24.3 Å². The van der Waals surface area contributed by atoms with Crippen LogP contribution in [0, 0.1) is 0 Å². The molecule has 0 fully saturated rings. The van der Waals surface area contributed by atoms with Crippen LogP contribution < -0.4 is 5.32 Å². The molecular formula is C14H17NO3. The van der Waals surface area contributed by atoms with Crippen LogP contribution in [0.25, 0.3) is 0 Å². The van der Waals surface area contributed by atoms with Crippen molar-refractivity contribution in [1.82, 2.24) is 5.32 Å². The molecule has 1 aromatic rings. The predicted molar refractivity (Wildman–Crippen MR) is 67.4 cm³/mol. The Labute approximate surface area is 106 Å². The Bertz CT molecular complexity index is 488. The maximum Gasteiger partial charge on any atom is 0.328 e. The van der Waals surface area contributed by atoms with Gasteiger partial charge in [0, 0.05) is 5.56 Å². The third-order valence-electron chi connectivity index (χ3n) is 2.68. The normalized spacial score (nSPS) is 19.3. The molecule has 0 spiro atoms. The van der Waals surface area contributed by atoms with Crippen molar-refractivity contribution in [3.05, 3.63) is 35.4 Å². The van der Waals surface area contributed by atoms with Crippen molar-refractivity contribution < 1.29 is 14.3 Å². The molecule has 1 aromatic carbocycles. The largest absolute Gasteiger partial charge is 0.459 e. The Hall–Kier alpha value is -1.68. The summed E-state index contributed by atoms with van der Waals surface area (Å²) in [7, 11) is 0. The van der Waals surface area contributed by atoms with Crippen molar-refractivity contribution in [2.45, 2.75) is 32.4 Å². The molecule has 4 nitrogen and oxygen atoms in total. The van der Waals surface area contributed by atoms with Crippen LogP contribution in [0.2, 0.25) is 0 Å². The Morgan fingerprint density at radius 1 is 1.33 bits per heavy atom. The molecule has 18 heavy (non-hydrogen) atoms. The van der Waals surface area contributed by atoms with Crippen LogP contribution >= 0.6 is 0 Å². The smallest absolute Gasteiger partial charge is 0.328 e. The fraction of sp³-hybridized carbons (Fsp3) is 0.429. The van der Waals surface area contributed by atoms with Crippen molar-refractivity contribution in [3.63, 3.8) is 0 Å². The molecule has 0 radical (unpaired) electrons. The SMILES string of the molecule is CC(C)(C)OC(=O)C1NCC(=O)c2ccccc21. The van der Waals surface area contributed by atoms with E-state index in [-0.39, 0.29) is 18.3 Å². The number of hydrogen-bond acceptors (Lipinski definition) is 4. The van der Waals surface area contributed by atoms with Gasteiger partial charge in [-0.15, -0.1) is 0 Å². The highest BCUT2D eigenvalue weighted by Gasteiger charge is 2.32. The van der Waals surface area contributed by atoms with Crippen molar-refractivity contribution >= 4 is 11.8 Å². The van der Waals surface area contributed by atoms with Crippen molar-refractivity contribution in [3.8, 4) is 0 Å². The van der Waals surface area contributed by atoms with Gasteiger partial charge in [-0.05, 0) is 26.3 Å². The molecule has 4 heteroatoms. The molecule has 0 saturated heterocycles. The maximum atomic E-state index is 12.1. The summed E-state index contributed by atoms with van der Waals surface area (Å²) in [5.41, 5.74) is 0.768. The van der Waals surface area contributed by atoms with Gasteiger partial charge in [-0.2, -0.15) is 0 Å². The fourth-order valence-corrected chi connectivity index (χ4v) is 1.97. The number of carbonyl (C=O) groups excluding carboxylic acids is 2. The summed E-state index contributed by atoms with van der Waals surface area (Å²) < 4.78 is 5.36. The molecule has 96 valence electrons. The van der Waals surface area contributed by atoms with Crippen LogP contribution in [0.15, 0.2) is 24.3 Å². The summed E-state index contributed by atoms with van der Waals surface area (Å²) in [6.45, 7) is 5.64. The molecule has 0 saturated carbocycles. The highest BCUT2D eigenvalue weighted by atomic mass is 16.6. The first kappa shape index (κ1) is 12.8. The lowest BCUT2D eigenvalue weighted by Crippen LogP contribution is -2.41. The zero-order chi connectivity index (χ0) is 13.3. The number of ether oxygens (including phenoxy) is 1. The van der Waals surface area contributed by atoms with Crippen LogP contribution in [0.3, 0.4) is 0 Å². The molecule has 1 aliphatic rings. The monoisotopic (exact) mass is 247 g/mol. The van der Waals surface area contributed by atoms with E-state index in [2.05, 4.69) is 5.32 Å². The van der Waals surface area contributed by atoms with Crippen LogP contribution in [0.5, 0.6) is 0 Å². The van der Waals surface area contributed by atoms with E-state index >= 15 is 0 Å². The molecule has 0 aliphatic carbocycles. The van der Waals surface area contributed by atoms with Crippen LogP contribution in [0.4, 0.5) is 0 Å². The first-order chi connectivity index (χ1) is 8.38. The molecule has 0 bridgehead atoms. The average Bonchev–Trinajstić information content (AvgIpc) is 2.27. The van der Waals surface area contributed by atoms with Gasteiger partial charge in [0.15, 0.2) is 5.78 Å². The zero-order valence-electron chi connectivity index (χ0n) is 10.8. The number of carbonyl (C=O) groups is 2. The number of Topliss-reactive ketones (excluding diaryl/α,β-unsaturated/α-hetero) is 1. The first-order valence-corrected chi connectivity index (χ1v) is 5.97. The number of fused-ring (bicyclic) bond motifs is 1. The molecule has 2 rings (SSSR count). The second-order valence-corrected chi connectivity index (χ2v) is 5.36. The maximum absolute atomic E-state index is 12.1. The molecule has 0 amide bonds. The molecule has 1 heterocycles. The minimum atomic E-state index is -0.557. The van der Waals surface area contributed by atoms with Crippen molar-refractivity contribution in [2.75, 3.05) is 6.54 Å². The summed E-state index contributed by atoms with van der Waals surface area (Å²) in [6, 6.07) is 6.59. The summed E-state index contributed by atoms with van der Waals surface area (Å²) >= 11 is 0. The molecule has 0 aromatic heterocycles. The predicted octanol–water partition coefficient (Wildman–Crippen LogP) is 1.86. The summed E-state index contributed by atoms with van der Waals surface area (Å²) in [5, 5.41) is 2.92. The lowest BCUT2D eigenvalue weighted by Gasteiger charge is -2.28. The van der Waals surface area contributed by atoms with Gasteiger partial charge in [0.1, 0.15) is 11.6 Å². The molecule has 1 unspecified atom stereocenters. The van der Waals surface area contributed by atoms with E-state index in [0.717, 1.165) is 0 Å². The molecule has 1 aliphatic heterocycles. The van der Waals surface area contributed by atoms with E-state index in [1.807, 2.05) is 26.8 Å². The highest BCUT2D eigenvalue weighted by molar-refractivity contribution is 6.02. The second-order valence-electron chi connectivity index (χ2n) is 5.36. The first-order valence-electron chi connectivity index (χ1n) is 5.97. The topological polar surface area (TPSA) is 55.4 Å². The lowest BCUT2D eigenvalue weighted by atomic mass is 9.93. The summed E-state index contributed by atoms with van der Waals surface area (Å²) in [6.07, 6.45) is 0. The molecular weight excluding hydrogens is 230 g/mol. The summed E-state index contributed by atoms with van der Waals surface area (Å²) in [5.74, 6) is -0.340. The van der Waals surface area contributed by atoms with Gasteiger partial charge in [0.05, 0.1) is 6.54 Å². The van der Waals surface area contributed by atoms with Gasteiger partial charge in [0.25, 0.3) is 0 Å². The van der Waals surface area contributed by atoms with Gasteiger partial charge in [-0.25, -0.2) is 4.79 Å². The van der Waals surface area contributed by atoms with Gasteiger partial charge >= 0.3 is 5.97 Å². The number of esters is 1. The van der Waals surface area contributed by atoms with Crippen LogP contribution in [-0.4, -0.2) is 23.9 Å². The number of benzene rings is 1. The van der Waals surface area contributed by atoms with Gasteiger partial charge in [0.2, 0.25) is 0 Å².